The molecule has 0 unspecified atom stereocenters. The molecule has 1 heterocycles. The van der Waals surface area contributed by atoms with Gasteiger partial charge < -0.3 is 9.30 Å². The standard InChI is InChI=1S/C18H13ClFNO3/c1-2-24-18(23)15-10-21(13-5-3-4-12(20)9-13)16-8-11(19)6-7-14(16)17(15)22/h3-10H,2H2,1H3. The van der Waals surface area contributed by atoms with Crippen molar-refractivity contribution in [2.75, 3.05) is 6.61 Å². The van der Waals surface area contributed by atoms with Crippen LogP contribution in [0.2, 0.25) is 5.02 Å². The Balaban J connectivity index is 2.37. The van der Waals surface area contributed by atoms with Crippen molar-refractivity contribution in [1.82, 2.24) is 4.57 Å². The number of nitrogens with zero attached hydrogens (tertiary/aromatic N) is 1. The Morgan fingerprint density at radius 2 is 2.04 bits per heavy atom. The molecule has 3 aromatic rings. The third-order valence-electron chi connectivity index (χ3n) is 3.55. The molecule has 24 heavy (non-hydrogen) atoms. The number of halogens is 2. The van der Waals surface area contributed by atoms with Crippen molar-refractivity contribution in [3.8, 4) is 5.69 Å². The maximum absolute atomic E-state index is 13.6. The molecule has 0 amide bonds. The zero-order valence-corrected chi connectivity index (χ0v) is 13.5. The van der Waals surface area contributed by atoms with Gasteiger partial charge in [0.05, 0.1) is 12.1 Å². The monoisotopic (exact) mass is 345 g/mol. The van der Waals surface area contributed by atoms with E-state index in [0.717, 1.165) is 0 Å². The molecule has 0 saturated carbocycles. The van der Waals surface area contributed by atoms with E-state index in [-0.39, 0.29) is 12.2 Å². The van der Waals surface area contributed by atoms with Gasteiger partial charge in [0.15, 0.2) is 0 Å². The smallest absolute Gasteiger partial charge is 0.343 e. The lowest BCUT2D eigenvalue weighted by atomic mass is 10.1. The van der Waals surface area contributed by atoms with Gasteiger partial charge in [0.25, 0.3) is 0 Å². The summed E-state index contributed by atoms with van der Waals surface area (Å²) in [6, 6.07) is 10.5. The molecule has 2 aromatic carbocycles. The summed E-state index contributed by atoms with van der Waals surface area (Å²) < 4.78 is 20.1. The lowest BCUT2D eigenvalue weighted by Gasteiger charge is -2.13. The van der Waals surface area contributed by atoms with Gasteiger partial charge in [0.2, 0.25) is 5.43 Å². The molecular weight excluding hydrogens is 333 g/mol. The van der Waals surface area contributed by atoms with Gasteiger partial charge in [-0.15, -0.1) is 0 Å². The quantitative estimate of drug-likeness (QED) is 0.675. The van der Waals surface area contributed by atoms with Gasteiger partial charge in [-0.25, -0.2) is 9.18 Å². The van der Waals surface area contributed by atoms with Crippen LogP contribution in [-0.4, -0.2) is 17.1 Å². The normalized spacial score (nSPS) is 10.8. The first kappa shape index (κ1) is 16.2. The SMILES string of the molecule is CCOC(=O)c1cn(-c2cccc(F)c2)c2cc(Cl)ccc2c1=O. The fourth-order valence-electron chi connectivity index (χ4n) is 2.49. The minimum Gasteiger partial charge on any atom is -0.462 e. The van der Waals surface area contributed by atoms with E-state index in [1.807, 2.05) is 0 Å². The number of aromatic nitrogens is 1. The summed E-state index contributed by atoms with van der Waals surface area (Å²) >= 11 is 6.03. The average Bonchev–Trinajstić information content (AvgIpc) is 2.55. The maximum Gasteiger partial charge on any atom is 0.343 e. The van der Waals surface area contributed by atoms with E-state index >= 15 is 0 Å². The van der Waals surface area contributed by atoms with Gasteiger partial charge in [-0.2, -0.15) is 0 Å². The summed E-state index contributed by atoms with van der Waals surface area (Å²) in [4.78, 5) is 24.7. The highest BCUT2D eigenvalue weighted by Crippen LogP contribution is 2.22. The Hall–Kier alpha value is -2.66. The van der Waals surface area contributed by atoms with Gasteiger partial charge in [-0.3, -0.25) is 4.79 Å². The lowest BCUT2D eigenvalue weighted by Crippen LogP contribution is -2.20. The fourth-order valence-corrected chi connectivity index (χ4v) is 2.66. The van der Waals surface area contributed by atoms with Gasteiger partial charge >= 0.3 is 5.97 Å². The summed E-state index contributed by atoms with van der Waals surface area (Å²) in [7, 11) is 0. The van der Waals surface area contributed by atoms with Crippen LogP contribution in [0.25, 0.3) is 16.6 Å². The molecule has 4 nitrogen and oxygen atoms in total. The van der Waals surface area contributed by atoms with Crippen molar-refractivity contribution >= 4 is 28.5 Å². The molecule has 0 saturated heterocycles. The molecule has 6 heteroatoms. The van der Waals surface area contributed by atoms with E-state index < -0.39 is 17.2 Å². The third-order valence-corrected chi connectivity index (χ3v) is 3.78. The highest BCUT2D eigenvalue weighted by atomic mass is 35.5. The molecule has 0 radical (unpaired) electrons. The predicted molar refractivity (Wildman–Crippen MR) is 90.5 cm³/mol. The summed E-state index contributed by atoms with van der Waals surface area (Å²) in [5.41, 5.74) is 0.377. The van der Waals surface area contributed by atoms with E-state index in [1.165, 1.54) is 18.3 Å². The van der Waals surface area contributed by atoms with Crippen LogP contribution in [0.3, 0.4) is 0 Å². The first-order chi connectivity index (χ1) is 11.5. The second-order valence-corrected chi connectivity index (χ2v) is 5.54. The molecule has 0 aliphatic heterocycles. The van der Waals surface area contributed by atoms with Crippen LogP contribution in [0.1, 0.15) is 17.3 Å². The molecule has 0 bridgehead atoms. The van der Waals surface area contributed by atoms with Gasteiger partial charge in [0.1, 0.15) is 11.4 Å². The average molecular weight is 346 g/mol. The minimum atomic E-state index is -0.718. The minimum absolute atomic E-state index is 0.115. The Morgan fingerprint density at radius 1 is 1.25 bits per heavy atom. The highest BCUT2D eigenvalue weighted by molar-refractivity contribution is 6.31. The number of carbonyl (C=O) groups is 1. The van der Waals surface area contributed by atoms with Crippen LogP contribution >= 0.6 is 11.6 Å². The van der Waals surface area contributed by atoms with E-state index in [0.29, 0.717) is 21.6 Å². The van der Waals surface area contributed by atoms with E-state index in [2.05, 4.69) is 0 Å². The Kier molecular flexibility index (Phi) is 4.36. The van der Waals surface area contributed by atoms with Crippen LogP contribution in [0.4, 0.5) is 4.39 Å². The third kappa shape index (κ3) is 2.90. The molecule has 0 atom stereocenters. The van der Waals surface area contributed by atoms with Crippen molar-refractivity contribution in [3.05, 3.63) is 75.3 Å². The summed E-state index contributed by atoms with van der Waals surface area (Å²) in [6.45, 7) is 1.81. The van der Waals surface area contributed by atoms with Gasteiger partial charge in [0, 0.05) is 22.3 Å². The summed E-state index contributed by atoms with van der Waals surface area (Å²) in [6.07, 6.45) is 1.35. The number of fused-ring (bicyclic) bond motifs is 1. The van der Waals surface area contributed by atoms with Crippen molar-refractivity contribution in [2.45, 2.75) is 6.92 Å². The number of ether oxygens (including phenoxy) is 1. The molecule has 0 fully saturated rings. The van der Waals surface area contributed by atoms with Crippen LogP contribution < -0.4 is 5.43 Å². The second kappa shape index (κ2) is 6.45. The van der Waals surface area contributed by atoms with Crippen molar-refractivity contribution in [1.29, 1.82) is 0 Å². The van der Waals surface area contributed by atoms with Crippen LogP contribution in [0, 0.1) is 5.82 Å². The number of rotatable bonds is 3. The Bertz CT molecular complexity index is 997. The molecular formula is C18H13ClFNO3. The molecule has 3 rings (SSSR count). The number of benzene rings is 2. The van der Waals surface area contributed by atoms with E-state index in [4.69, 9.17) is 16.3 Å². The van der Waals surface area contributed by atoms with Gasteiger partial charge in [-0.05, 0) is 43.3 Å². The van der Waals surface area contributed by atoms with Crippen molar-refractivity contribution < 1.29 is 13.9 Å². The largest absolute Gasteiger partial charge is 0.462 e. The van der Waals surface area contributed by atoms with Crippen LogP contribution in [0.15, 0.2) is 53.5 Å². The lowest BCUT2D eigenvalue weighted by molar-refractivity contribution is 0.0524. The topological polar surface area (TPSA) is 48.3 Å². The highest BCUT2D eigenvalue weighted by Gasteiger charge is 2.17. The predicted octanol–water partition coefficient (Wildman–Crippen LogP) is 3.96. The van der Waals surface area contributed by atoms with Crippen LogP contribution in [0.5, 0.6) is 0 Å². The molecule has 0 N–H and O–H groups in total. The van der Waals surface area contributed by atoms with Crippen LogP contribution in [-0.2, 0) is 4.74 Å². The zero-order valence-electron chi connectivity index (χ0n) is 12.8. The molecule has 0 spiro atoms. The summed E-state index contributed by atoms with van der Waals surface area (Å²) in [5, 5.41) is 0.727. The molecule has 0 aliphatic rings. The fraction of sp³-hybridized carbons (Fsp3) is 0.111. The molecule has 122 valence electrons. The number of carbonyl (C=O) groups excluding carboxylic acids is 1. The summed E-state index contributed by atoms with van der Waals surface area (Å²) in [5.74, 6) is -1.15. The Morgan fingerprint density at radius 3 is 2.75 bits per heavy atom. The first-order valence-electron chi connectivity index (χ1n) is 7.29. The van der Waals surface area contributed by atoms with Gasteiger partial charge in [-0.1, -0.05) is 17.7 Å². The van der Waals surface area contributed by atoms with E-state index in [1.54, 1.807) is 41.8 Å². The molecule has 0 aliphatic carbocycles. The molecule has 1 aromatic heterocycles. The second-order valence-electron chi connectivity index (χ2n) is 5.10. The number of pyridine rings is 1. The Labute approximate surface area is 142 Å². The van der Waals surface area contributed by atoms with Crippen molar-refractivity contribution in [3.63, 3.8) is 0 Å². The zero-order chi connectivity index (χ0) is 17.3. The maximum atomic E-state index is 13.6. The number of esters is 1. The number of hydrogen-bond donors (Lipinski definition) is 0. The first-order valence-corrected chi connectivity index (χ1v) is 7.67. The number of hydrogen-bond acceptors (Lipinski definition) is 3. The van der Waals surface area contributed by atoms with Crippen molar-refractivity contribution in [2.24, 2.45) is 0 Å². The van der Waals surface area contributed by atoms with E-state index in [9.17, 15) is 14.0 Å².